The minimum atomic E-state index is -0.505. The van der Waals surface area contributed by atoms with Crippen molar-refractivity contribution in [2.45, 2.75) is 26.0 Å². The van der Waals surface area contributed by atoms with Crippen molar-refractivity contribution in [1.29, 1.82) is 0 Å². The van der Waals surface area contributed by atoms with Crippen LogP contribution in [0.1, 0.15) is 13.8 Å². The highest BCUT2D eigenvalue weighted by Gasteiger charge is 2.35. The number of halogens is 1. The van der Waals surface area contributed by atoms with Gasteiger partial charge < -0.3 is 25.2 Å². The first kappa shape index (κ1) is 25.0. The number of piperazine rings is 1. The zero-order chi connectivity index (χ0) is 23.5. The van der Waals surface area contributed by atoms with Crippen LogP contribution in [0.3, 0.4) is 0 Å². The van der Waals surface area contributed by atoms with Gasteiger partial charge in [0.2, 0.25) is 6.41 Å². The third kappa shape index (κ3) is 6.35. The Morgan fingerprint density at radius 1 is 1.25 bits per heavy atom. The summed E-state index contributed by atoms with van der Waals surface area (Å²) in [6.45, 7) is 10.5. The van der Waals surface area contributed by atoms with Gasteiger partial charge in [-0.05, 0) is 12.2 Å². The Morgan fingerprint density at radius 2 is 1.94 bits per heavy atom. The van der Waals surface area contributed by atoms with Gasteiger partial charge in [0.1, 0.15) is 11.9 Å². The Balaban J connectivity index is 0.00000176. The first-order valence-corrected chi connectivity index (χ1v) is 10.8. The van der Waals surface area contributed by atoms with E-state index in [0.29, 0.717) is 51.4 Å². The third-order valence-corrected chi connectivity index (χ3v) is 5.13. The van der Waals surface area contributed by atoms with E-state index in [1.165, 1.54) is 11.0 Å². The Kier molecular flexibility index (Phi) is 9.77. The van der Waals surface area contributed by atoms with E-state index in [9.17, 15) is 18.8 Å². The van der Waals surface area contributed by atoms with Gasteiger partial charge in [-0.15, -0.1) is 6.58 Å². The summed E-state index contributed by atoms with van der Waals surface area (Å²) in [5.41, 5.74) is 0.423. The maximum atomic E-state index is 14.7. The van der Waals surface area contributed by atoms with Crippen LogP contribution < -0.4 is 10.6 Å². The quantitative estimate of drug-likeness (QED) is 0.456. The third-order valence-electron chi connectivity index (χ3n) is 5.13. The van der Waals surface area contributed by atoms with Crippen LogP contribution in [0.4, 0.5) is 14.0 Å². The summed E-state index contributed by atoms with van der Waals surface area (Å²) in [5.74, 6) is -0.398. The standard InChI is InChI=1S/C20H26FN5O4.C2H6/c1-2-7-23-19(28)25-10-8-24(9-11-25)18-6-4-15(3-5-17(18)21)26-13-16(12-22-14-27)30-20(26)29;1-2/h2-6,14-16H,1,7-13H2,(H,22,27)(H,23,28);1-2H3. The molecule has 2 N–H and O–H groups in total. The van der Waals surface area contributed by atoms with Crippen molar-refractivity contribution in [1.82, 2.24) is 25.3 Å². The summed E-state index contributed by atoms with van der Waals surface area (Å²) < 4.78 is 20.0. The Bertz CT molecular complexity index is 774. The van der Waals surface area contributed by atoms with Crippen molar-refractivity contribution in [2.24, 2.45) is 0 Å². The maximum absolute atomic E-state index is 14.7. The normalized spacial score (nSPS) is 22.6. The molecule has 9 nitrogen and oxygen atoms in total. The van der Waals surface area contributed by atoms with E-state index >= 15 is 0 Å². The van der Waals surface area contributed by atoms with Crippen LogP contribution in [0, 0.1) is 0 Å². The van der Waals surface area contributed by atoms with Gasteiger partial charge in [-0.1, -0.05) is 32.1 Å². The van der Waals surface area contributed by atoms with Crippen molar-refractivity contribution >= 4 is 18.5 Å². The maximum Gasteiger partial charge on any atom is 0.411 e. The lowest BCUT2D eigenvalue weighted by Gasteiger charge is -2.36. The lowest BCUT2D eigenvalue weighted by atomic mass is 10.2. The smallest absolute Gasteiger partial charge is 0.411 e. The fraction of sp³-hybridized carbons (Fsp3) is 0.500. The van der Waals surface area contributed by atoms with Gasteiger partial charge in [-0.3, -0.25) is 9.69 Å². The molecule has 176 valence electrons. The van der Waals surface area contributed by atoms with Gasteiger partial charge >= 0.3 is 12.1 Å². The van der Waals surface area contributed by atoms with E-state index in [4.69, 9.17) is 4.74 Å². The summed E-state index contributed by atoms with van der Waals surface area (Å²) in [7, 11) is 0. The second-order valence-electron chi connectivity index (χ2n) is 7.08. The molecule has 0 saturated carbocycles. The van der Waals surface area contributed by atoms with Gasteiger partial charge in [0, 0.05) is 32.7 Å². The molecule has 0 bridgehead atoms. The number of allylic oxidation sites excluding steroid dienone is 3. The second kappa shape index (κ2) is 12.5. The molecule has 1 aliphatic carbocycles. The summed E-state index contributed by atoms with van der Waals surface area (Å²) >= 11 is 0. The molecule has 0 aromatic heterocycles. The van der Waals surface area contributed by atoms with E-state index < -0.39 is 24.1 Å². The summed E-state index contributed by atoms with van der Waals surface area (Å²) in [6, 6.07) is -0.612. The highest BCUT2D eigenvalue weighted by Crippen LogP contribution is 2.24. The molecular formula is C22H32FN5O4. The zero-order valence-electron chi connectivity index (χ0n) is 18.6. The fourth-order valence-electron chi connectivity index (χ4n) is 3.56. The zero-order valence-corrected chi connectivity index (χ0v) is 18.6. The van der Waals surface area contributed by atoms with Crippen LogP contribution in [-0.2, 0) is 9.53 Å². The van der Waals surface area contributed by atoms with Crippen molar-refractivity contribution in [3.63, 3.8) is 0 Å². The molecule has 2 saturated heterocycles. The molecule has 3 aliphatic rings. The second-order valence-corrected chi connectivity index (χ2v) is 7.08. The molecule has 0 aromatic rings. The number of amides is 4. The van der Waals surface area contributed by atoms with E-state index in [2.05, 4.69) is 17.2 Å². The van der Waals surface area contributed by atoms with Crippen LogP contribution in [0.15, 0.2) is 48.5 Å². The van der Waals surface area contributed by atoms with Gasteiger partial charge in [-0.2, -0.15) is 0 Å². The topological polar surface area (TPSA) is 94.2 Å². The van der Waals surface area contributed by atoms with E-state index in [0.717, 1.165) is 0 Å². The average molecular weight is 450 g/mol. The van der Waals surface area contributed by atoms with Gasteiger partial charge in [0.05, 0.1) is 24.8 Å². The highest BCUT2D eigenvalue weighted by molar-refractivity contribution is 5.74. The Hall–Kier alpha value is -3.30. The molecule has 0 aromatic carbocycles. The lowest BCUT2D eigenvalue weighted by molar-refractivity contribution is -0.109. The van der Waals surface area contributed by atoms with Gasteiger partial charge in [-0.25, -0.2) is 14.0 Å². The molecule has 0 radical (unpaired) electrons. The van der Waals surface area contributed by atoms with E-state index in [-0.39, 0.29) is 12.6 Å². The number of hydrogen-bond donors (Lipinski definition) is 2. The summed E-state index contributed by atoms with van der Waals surface area (Å²) in [5, 5.41) is 5.23. The van der Waals surface area contributed by atoms with E-state index in [1.54, 1.807) is 29.2 Å². The van der Waals surface area contributed by atoms with Crippen LogP contribution in [0.25, 0.3) is 0 Å². The first-order valence-electron chi connectivity index (χ1n) is 10.8. The van der Waals surface area contributed by atoms with Crippen LogP contribution in [0.2, 0.25) is 0 Å². The summed E-state index contributed by atoms with van der Waals surface area (Å²) in [6.07, 6.45) is 7.60. The molecule has 0 spiro atoms. The molecule has 10 heteroatoms. The van der Waals surface area contributed by atoms with Crippen molar-refractivity contribution in [2.75, 3.05) is 45.8 Å². The number of carbonyl (C=O) groups is 3. The molecule has 2 heterocycles. The van der Waals surface area contributed by atoms with Crippen LogP contribution in [-0.4, -0.2) is 91.2 Å². The number of ether oxygens (including phenoxy) is 1. The number of nitrogens with one attached hydrogen (secondary N) is 2. The molecule has 3 rings (SSSR count). The molecule has 32 heavy (non-hydrogen) atoms. The minimum Gasteiger partial charge on any atom is -0.442 e. The first-order chi connectivity index (χ1) is 15.5. The molecule has 2 atom stereocenters. The van der Waals surface area contributed by atoms with Crippen molar-refractivity contribution in [3.05, 3.63) is 48.5 Å². The number of nitrogens with zero attached hydrogens (tertiary/aromatic N) is 3. The number of hydrogen-bond acceptors (Lipinski definition) is 5. The Labute approximate surface area is 188 Å². The predicted molar refractivity (Wildman–Crippen MR) is 119 cm³/mol. The molecule has 2 fully saturated rings. The number of carbonyl (C=O) groups excluding carboxylic acids is 3. The van der Waals surface area contributed by atoms with Crippen molar-refractivity contribution in [3.8, 4) is 0 Å². The summed E-state index contributed by atoms with van der Waals surface area (Å²) in [4.78, 5) is 39.7. The average Bonchev–Trinajstić information content (AvgIpc) is 3.08. The molecule has 4 amide bonds. The lowest BCUT2D eigenvalue weighted by Crippen LogP contribution is -2.51. The largest absolute Gasteiger partial charge is 0.442 e. The predicted octanol–water partition coefficient (Wildman–Crippen LogP) is 1.77. The monoisotopic (exact) mass is 449 g/mol. The number of urea groups is 1. The minimum absolute atomic E-state index is 0.161. The molecule has 2 unspecified atom stereocenters. The molecular weight excluding hydrogens is 417 g/mol. The molecule has 2 aliphatic heterocycles. The van der Waals surface area contributed by atoms with Crippen LogP contribution >= 0.6 is 0 Å². The van der Waals surface area contributed by atoms with E-state index in [1.807, 2.05) is 18.7 Å². The van der Waals surface area contributed by atoms with Crippen LogP contribution in [0.5, 0.6) is 0 Å². The SMILES string of the molecule is C=CCNC(=O)N1CCN(C2=C(F)C=CC(N3CC(CNC=O)OC3=O)C=C2)CC1.CC. The number of cyclic esters (lactones) is 1. The van der Waals surface area contributed by atoms with Crippen molar-refractivity contribution < 1.29 is 23.5 Å². The number of rotatable bonds is 7. The van der Waals surface area contributed by atoms with Gasteiger partial charge in [0.25, 0.3) is 0 Å². The fourth-order valence-corrected chi connectivity index (χ4v) is 3.56. The Morgan fingerprint density at radius 3 is 2.59 bits per heavy atom. The van der Waals surface area contributed by atoms with Gasteiger partial charge in [0.15, 0.2) is 0 Å². The highest BCUT2D eigenvalue weighted by atomic mass is 19.1.